The number of nitrogens with two attached hydrogens (primary N) is 2. The Morgan fingerprint density at radius 3 is 2.08 bits per heavy atom. The molecule has 0 unspecified atom stereocenters. The molecule has 76 valence electrons. The lowest BCUT2D eigenvalue weighted by Crippen LogP contribution is -2.10. The van der Waals surface area contributed by atoms with E-state index in [1.165, 1.54) is 0 Å². The molecule has 0 aliphatic heterocycles. The highest BCUT2D eigenvalue weighted by Crippen LogP contribution is 2.12. The van der Waals surface area contributed by atoms with E-state index in [-0.39, 0.29) is 24.8 Å². The first-order valence-corrected chi connectivity index (χ1v) is 3.51. The smallest absolute Gasteiger partial charge is 0.119 e. The third-order valence-corrected chi connectivity index (χ3v) is 1.27. The quantitative estimate of drug-likeness (QED) is 0.765. The van der Waals surface area contributed by atoms with Gasteiger partial charge < -0.3 is 16.2 Å². The van der Waals surface area contributed by atoms with Crippen molar-refractivity contribution in [2.24, 2.45) is 5.73 Å². The third kappa shape index (κ3) is 5.58. The van der Waals surface area contributed by atoms with Crippen LogP contribution in [0.2, 0.25) is 0 Å². The molecule has 0 radical (unpaired) electrons. The fraction of sp³-hybridized carbons (Fsp3) is 0.250. The van der Waals surface area contributed by atoms with Crippen molar-refractivity contribution in [3.05, 3.63) is 24.3 Å². The SMILES string of the molecule is Cl.Cl.NCCOc1ccc(N)cc1. The summed E-state index contributed by atoms with van der Waals surface area (Å²) in [6.07, 6.45) is 0. The fourth-order valence-corrected chi connectivity index (χ4v) is 0.741. The van der Waals surface area contributed by atoms with Crippen molar-refractivity contribution in [3.63, 3.8) is 0 Å². The molecule has 0 aliphatic rings. The van der Waals surface area contributed by atoms with E-state index in [1.54, 1.807) is 12.1 Å². The summed E-state index contributed by atoms with van der Waals surface area (Å²) in [4.78, 5) is 0. The van der Waals surface area contributed by atoms with E-state index >= 15 is 0 Å². The zero-order chi connectivity index (χ0) is 8.10. The number of hydrogen-bond donors (Lipinski definition) is 2. The monoisotopic (exact) mass is 224 g/mol. The molecule has 0 spiro atoms. The molecular formula is C8H14Cl2N2O. The minimum atomic E-state index is 0. The van der Waals surface area contributed by atoms with Crippen LogP contribution in [0.5, 0.6) is 5.75 Å². The molecule has 0 atom stereocenters. The van der Waals surface area contributed by atoms with Crippen LogP contribution in [0.4, 0.5) is 5.69 Å². The lowest BCUT2D eigenvalue weighted by molar-refractivity contribution is 0.328. The highest BCUT2D eigenvalue weighted by molar-refractivity contribution is 5.85. The van der Waals surface area contributed by atoms with Crippen molar-refractivity contribution >= 4 is 30.5 Å². The average molecular weight is 225 g/mol. The van der Waals surface area contributed by atoms with E-state index in [2.05, 4.69) is 0 Å². The first kappa shape index (κ1) is 14.9. The number of benzene rings is 1. The van der Waals surface area contributed by atoms with Crippen LogP contribution < -0.4 is 16.2 Å². The van der Waals surface area contributed by atoms with E-state index in [0.717, 1.165) is 11.4 Å². The number of nitrogen functional groups attached to an aromatic ring is 1. The van der Waals surface area contributed by atoms with Crippen LogP contribution in [0.3, 0.4) is 0 Å². The number of ether oxygens (including phenoxy) is 1. The zero-order valence-corrected chi connectivity index (χ0v) is 8.74. The molecule has 0 saturated heterocycles. The normalized spacial score (nSPS) is 8.08. The van der Waals surface area contributed by atoms with Crippen molar-refractivity contribution in [2.45, 2.75) is 0 Å². The highest BCUT2D eigenvalue weighted by Gasteiger charge is 1.90. The van der Waals surface area contributed by atoms with E-state index in [9.17, 15) is 0 Å². The van der Waals surface area contributed by atoms with Crippen LogP contribution in [-0.4, -0.2) is 13.2 Å². The molecule has 4 N–H and O–H groups in total. The van der Waals surface area contributed by atoms with Crippen molar-refractivity contribution in [1.29, 1.82) is 0 Å². The average Bonchev–Trinajstić information content (AvgIpc) is 2.04. The molecule has 0 bridgehead atoms. The van der Waals surface area contributed by atoms with Gasteiger partial charge in [0.2, 0.25) is 0 Å². The third-order valence-electron chi connectivity index (χ3n) is 1.27. The molecule has 1 aromatic carbocycles. The van der Waals surface area contributed by atoms with E-state index < -0.39 is 0 Å². The van der Waals surface area contributed by atoms with Gasteiger partial charge in [0, 0.05) is 12.2 Å². The Kier molecular flexibility index (Phi) is 9.12. The summed E-state index contributed by atoms with van der Waals surface area (Å²) in [6, 6.07) is 7.24. The summed E-state index contributed by atoms with van der Waals surface area (Å²) in [5.41, 5.74) is 11.5. The Bertz CT molecular complexity index is 216. The molecule has 0 saturated carbocycles. The van der Waals surface area contributed by atoms with Gasteiger partial charge in [0.05, 0.1) is 0 Å². The second kappa shape index (κ2) is 7.98. The van der Waals surface area contributed by atoms with Crippen LogP contribution in [0.1, 0.15) is 0 Å². The van der Waals surface area contributed by atoms with Gasteiger partial charge in [0.25, 0.3) is 0 Å². The maximum atomic E-state index is 5.48. The molecule has 1 aromatic rings. The van der Waals surface area contributed by atoms with Crippen LogP contribution in [0.25, 0.3) is 0 Å². The second-order valence-electron chi connectivity index (χ2n) is 2.21. The second-order valence-corrected chi connectivity index (χ2v) is 2.21. The molecule has 0 amide bonds. The Morgan fingerprint density at radius 2 is 1.62 bits per heavy atom. The lowest BCUT2D eigenvalue weighted by Gasteiger charge is -2.03. The van der Waals surface area contributed by atoms with Crippen LogP contribution >= 0.6 is 24.8 Å². The minimum absolute atomic E-state index is 0. The first-order chi connectivity index (χ1) is 5.33. The molecule has 0 fully saturated rings. The highest BCUT2D eigenvalue weighted by atomic mass is 35.5. The molecule has 3 nitrogen and oxygen atoms in total. The van der Waals surface area contributed by atoms with Gasteiger partial charge in [-0.05, 0) is 24.3 Å². The van der Waals surface area contributed by atoms with Gasteiger partial charge in [-0.3, -0.25) is 0 Å². The molecule has 5 heteroatoms. The minimum Gasteiger partial charge on any atom is -0.492 e. The molecule has 13 heavy (non-hydrogen) atoms. The Balaban J connectivity index is 0. The molecule has 0 heterocycles. The topological polar surface area (TPSA) is 61.3 Å². The molecule has 1 rings (SSSR count). The summed E-state index contributed by atoms with van der Waals surface area (Å²) >= 11 is 0. The standard InChI is InChI=1S/C8H12N2O.2ClH/c9-5-6-11-8-3-1-7(10)2-4-8;;/h1-4H,5-6,9-10H2;2*1H. The maximum absolute atomic E-state index is 5.48. The van der Waals surface area contributed by atoms with Gasteiger partial charge in [0.15, 0.2) is 0 Å². The number of hydrogen-bond acceptors (Lipinski definition) is 3. The summed E-state index contributed by atoms with van der Waals surface area (Å²) < 4.78 is 5.23. The fourth-order valence-electron chi connectivity index (χ4n) is 0.741. The summed E-state index contributed by atoms with van der Waals surface area (Å²) in [6.45, 7) is 1.08. The lowest BCUT2D eigenvalue weighted by atomic mass is 10.3. The number of anilines is 1. The van der Waals surface area contributed by atoms with Gasteiger partial charge in [-0.15, -0.1) is 24.8 Å². The van der Waals surface area contributed by atoms with Crippen LogP contribution in [0, 0.1) is 0 Å². The van der Waals surface area contributed by atoms with E-state index in [1.807, 2.05) is 12.1 Å². The van der Waals surface area contributed by atoms with Crippen molar-refractivity contribution in [2.75, 3.05) is 18.9 Å². The van der Waals surface area contributed by atoms with Crippen molar-refractivity contribution < 1.29 is 4.74 Å². The molecule has 0 aliphatic carbocycles. The maximum Gasteiger partial charge on any atom is 0.119 e. The van der Waals surface area contributed by atoms with Gasteiger partial charge >= 0.3 is 0 Å². The van der Waals surface area contributed by atoms with Crippen molar-refractivity contribution in [1.82, 2.24) is 0 Å². The zero-order valence-electron chi connectivity index (χ0n) is 7.10. The van der Waals surface area contributed by atoms with Gasteiger partial charge in [-0.25, -0.2) is 0 Å². The molecule has 0 aromatic heterocycles. The largest absolute Gasteiger partial charge is 0.492 e. The predicted molar refractivity (Wildman–Crippen MR) is 59.9 cm³/mol. The van der Waals surface area contributed by atoms with Gasteiger partial charge in [0.1, 0.15) is 12.4 Å². The summed E-state index contributed by atoms with van der Waals surface area (Å²) in [7, 11) is 0. The number of halogens is 2. The van der Waals surface area contributed by atoms with Crippen molar-refractivity contribution in [3.8, 4) is 5.75 Å². The predicted octanol–water partition coefficient (Wildman–Crippen LogP) is 1.45. The van der Waals surface area contributed by atoms with Gasteiger partial charge in [-0.1, -0.05) is 0 Å². The van der Waals surface area contributed by atoms with Crippen LogP contribution in [0.15, 0.2) is 24.3 Å². The van der Waals surface area contributed by atoms with Gasteiger partial charge in [-0.2, -0.15) is 0 Å². The Morgan fingerprint density at radius 1 is 1.08 bits per heavy atom. The summed E-state index contributed by atoms with van der Waals surface area (Å²) in [5.74, 6) is 0.810. The Labute approximate surface area is 90.3 Å². The van der Waals surface area contributed by atoms with E-state index in [0.29, 0.717) is 13.2 Å². The van der Waals surface area contributed by atoms with Crippen LogP contribution in [-0.2, 0) is 0 Å². The number of rotatable bonds is 3. The van der Waals surface area contributed by atoms with E-state index in [4.69, 9.17) is 16.2 Å². The first-order valence-electron chi connectivity index (χ1n) is 3.51. The summed E-state index contributed by atoms with van der Waals surface area (Å²) in [5, 5.41) is 0. The molecular weight excluding hydrogens is 211 g/mol. The Hall–Kier alpha value is -0.640.